The average molecular weight is 467 g/mol. The van der Waals surface area contributed by atoms with Crippen LogP contribution < -0.4 is 10.2 Å². The van der Waals surface area contributed by atoms with Crippen LogP contribution in [0.3, 0.4) is 0 Å². The van der Waals surface area contributed by atoms with E-state index in [0.717, 1.165) is 36.7 Å². The zero-order chi connectivity index (χ0) is 23.4. The lowest BCUT2D eigenvalue weighted by Gasteiger charge is -2.29. The van der Waals surface area contributed by atoms with Gasteiger partial charge in [-0.25, -0.2) is 28.4 Å². The van der Waals surface area contributed by atoms with Gasteiger partial charge in [-0.2, -0.15) is 18.3 Å². The highest BCUT2D eigenvalue weighted by atomic mass is 19.4. The second-order valence-corrected chi connectivity index (χ2v) is 9.10. The Morgan fingerprint density at radius 2 is 1.82 bits per heavy atom. The van der Waals surface area contributed by atoms with Gasteiger partial charge in [-0.1, -0.05) is 0 Å². The molecule has 4 heterocycles. The van der Waals surface area contributed by atoms with Crippen LogP contribution in [-0.2, 0) is 12.7 Å². The number of rotatable bonds is 5. The zero-order valence-corrected chi connectivity index (χ0v) is 17.7. The maximum Gasteiger partial charge on any atom is 0.433 e. The van der Waals surface area contributed by atoms with Crippen molar-refractivity contribution in [2.24, 2.45) is 11.8 Å². The van der Waals surface area contributed by atoms with Gasteiger partial charge < -0.3 is 10.2 Å². The Kier molecular flexibility index (Phi) is 5.13. The van der Waals surface area contributed by atoms with Crippen LogP contribution in [0.25, 0.3) is 11.2 Å². The maximum absolute atomic E-state index is 12.8. The van der Waals surface area contributed by atoms with Gasteiger partial charge >= 0.3 is 6.18 Å². The molecule has 2 fully saturated rings. The monoisotopic (exact) mass is 467 g/mol. The van der Waals surface area contributed by atoms with E-state index in [1.54, 1.807) is 6.20 Å². The van der Waals surface area contributed by atoms with Crippen molar-refractivity contribution in [1.29, 1.82) is 0 Å². The fourth-order valence-electron chi connectivity index (χ4n) is 5.18. The van der Waals surface area contributed by atoms with Crippen molar-refractivity contribution in [2.75, 3.05) is 23.3 Å². The molecule has 1 N–H and O–H groups in total. The molecule has 2 unspecified atom stereocenters. The normalized spacial score (nSPS) is 25.2. The predicted molar refractivity (Wildman–Crippen MR) is 111 cm³/mol. The molecule has 1 saturated heterocycles. The Morgan fingerprint density at radius 3 is 2.42 bits per heavy atom. The molecule has 0 radical (unpaired) electrons. The van der Waals surface area contributed by atoms with Gasteiger partial charge in [0, 0.05) is 18.6 Å². The molecule has 0 aromatic carbocycles. The van der Waals surface area contributed by atoms with Crippen molar-refractivity contribution in [3.05, 3.63) is 36.4 Å². The second kappa shape index (κ2) is 7.77. The van der Waals surface area contributed by atoms with Crippen LogP contribution in [-0.4, -0.2) is 49.8 Å². The fraction of sp³-hybridized carbons (Fsp3) is 0.524. The molecule has 0 bridgehead atoms. The molecule has 176 valence electrons. The fourth-order valence-corrected chi connectivity index (χ4v) is 5.18. The highest BCUT2D eigenvalue weighted by Crippen LogP contribution is 2.46. The van der Waals surface area contributed by atoms with Crippen LogP contribution in [0.2, 0.25) is 0 Å². The number of alkyl halides is 5. The summed E-state index contributed by atoms with van der Waals surface area (Å²) in [4.78, 5) is 14.4. The Labute approximate surface area is 186 Å². The highest BCUT2D eigenvalue weighted by Gasteiger charge is 2.47. The summed E-state index contributed by atoms with van der Waals surface area (Å²) >= 11 is 0. The first kappa shape index (κ1) is 21.8. The maximum atomic E-state index is 12.8. The van der Waals surface area contributed by atoms with Gasteiger partial charge in [0.2, 0.25) is 0 Å². The largest absolute Gasteiger partial charge is 0.433 e. The molecule has 1 aliphatic carbocycles. The van der Waals surface area contributed by atoms with Gasteiger partial charge in [-0.15, -0.1) is 0 Å². The highest BCUT2D eigenvalue weighted by molar-refractivity contribution is 5.71. The first-order chi connectivity index (χ1) is 15.6. The van der Waals surface area contributed by atoms with E-state index < -0.39 is 24.8 Å². The number of hydrogen-bond acceptors (Lipinski definition) is 6. The smallest absolute Gasteiger partial charge is 0.370 e. The minimum atomic E-state index is -4.45. The van der Waals surface area contributed by atoms with E-state index in [9.17, 15) is 22.0 Å². The van der Waals surface area contributed by atoms with E-state index in [-0.39, 0.29) is 5.54 Å². The number of aromatic nitrogens is 5. The third kappa shape index (κ3) is 4.30. The van der Waals surface area contributed by atoms with E-state index in [1.165, 1.54) is 18.5 Å². The van der Waals surface area contributed by atoms with Crippen molar-refractivity contribution in [1.82, 2.24) is 24.7 Å². The molecule has 1 aliphatic heterocycles. The molecule has 5 rings (SSSR count). The molecule has 33 heavy (non-hydrogen) atoms. The summed E-state index contributed by atoms with van der Waals surface area (Å²) in [5.74, 6) is 1.24. The molecule has 12 heteroatoms. The van der Waals surface area contributed by atoms with Crippen LogP contribution in [0.1, 0.15) is 25.5 Å². The number of pyridine rings is 1. The minimum Gasteiger partial charge on any atom is -0.370 e. The Balaban J connectivity index is 1.25. The number of halogens is 5. The SMILES string of the molecule is CC1(Nc2cnc3cnn(CC(F)F)c3n2)CC2CN(c3ccc(C(F)(F)F)nc3)C[C@H]2C1. The van der Waals surface area contributed by atoms with Crippen LogP contribution in [0, 0.1) is 11.8 Å². The van der Waals surface area contributed by atoms with E-state index in [1.807, 2.05) is 0 Å². The molecule has 1 saturated carbocycles. The molecular weight excluding hydrogens is 445 g/mol. The Bertz CT molecular complexity index is 1130. The lowest BCUT2D eigenvalue weighted by Crippen LogP contribution is -2.35. The lowest BCUT2D eigenvalue weighted by atomic mass is 9.98. The third-order valence-corrected chi connectivity index (χ3v) is 6.49. The molecular formula is C21H22F5N7. The Hall–Kier alpha value is -3.05. The average Bonchev–Trinajstić information content (AvgIpc) is 3.39. The van der Waals surface area contributed by atoms with Crippen molar-refractivity contribution in [2.45, 2.75) is 44.5 Å². The van der Waals surface area contributed by atoms with Crippen molar-refractivity contribution >= 4 is 22.7 Å². The third-order valence-electron chi connectivity index (χ3n) is 6.49. The van der Waals surface area contributed by atoms with Crippen LogP contribution in [0.4, 0.5) is 33.5 Å². The number of nitrogens with zero attached hydrogens (tertiary/aromatic N) is 6. The second-order valence-electron chi connectivity index (χ2n) is 9.10. The van der Waals surface area contributed by atoms with E-state index in [0.29, 0.717) is 34.5 Å². The first-order valence-electron chi connectivity index (χ1n) is 10.6. The number of nitrogens with one attached hydrogen (secondary N) is 1. The van der Waals surface area contributed by atoms with E-state index in [2.05, 4.69) is 37.2 Å². The molecule has 2 aliphatic rings. The van der Waals surface area contributed by atoms with Crippen molar-refractivity contribution in [3.63, 3.8) is 0 Å². The molecule has 7 nitrogen and oxygen atoms in total. The molecule has 3 aromatic heterocycles. The summed E-state index contributed by atoms with van der Waals surface area (Å²) < 4.78 is 65.0. The molecule has 3 aromatic rings. The Morgan fingerprint density at radius 1 is 1.09 bits per heavy atom. The zero-order valence-electron chi connectivity index (χ0n) is 17.7. The molecule has 0 amide bonds. The summed E-state index contributed by atoms with van der Waals surface area (Å²) in [5, 5.41) is 7.37. The van der Waals surface area contributed by atoms with Crippen molar-refractivity contribution < 1.29 is 22.0 Å². The van der Waals surface area contributed by atoms with Crippen molar-refractivity contribution in [3.8, 4) is 0 Å². The van der Waals surface area contributed by atoms with Gasteiger partial charge in [0.25, 0.3) is 6.43 Å². The number of hydrogen-bond donors (Lipinski definition) is 1. The standard InChI is InChI=1S/C21H22F5N7/c1-20(31-18-8-27-15-7-29-33(11-17(22)23)19(15)30-18)4-12-9-32(10-13(12)5-20)14-2-3-16(28-6-14)21(24,25)26/h2-3,6-8,12-13,17H,4-5,9-11H2,1H3,(H,30,31)/t12-,13?,20?/m1/s1. The topological polar surface area (TPSA) is 71.8 Å². The number of anilines is 2. The predicted octanol–water partition coefficient (Wildman–Crippen LogP) is 4.22. The van der Waals surface area contributed by atoms with E-state index in [4.69, 9.17) is 0 Å². The van der Waals surface area contributed by atoms with Gasteiger partial charge in [0.1, 0.15) is 23.6 Å². The lowest BCUT2D eigenvalue weighted by molar-refractivity contribution is -0.141. The molecule has 0 spiro atoms. The molecule has 3 atom stereocenters. The van der Waals surface area contributed by atoms with Gasteiger partial charge in [-0.05, 0) is 43.7 Å². The van der Waals surface area contributed by atoms with Crippen LogP contribution in [0.5, 0.6) is 0 Å². The van der Waals surface area contributed by atoms with Gasteiger partial charge in [0.15, 0.2) is 5.65 Å². The quantitative estimate of drug-likeness (QED) is 0.567. The summed E-state index contributed by atoms with van der Waals surface area (Å²) in [5.41, 5.74) is 0.306. The summed E-state index contributed by atoms with van der Waals surface area (Å²) in [6.45, 7) is 3.02. The summed E-state index contributed by atoms with van der Waals surface area (Å²) in [6.07, 6.45) is -1.01. The van der Waals surface area contributed by atoms with Gasteiger partial charge in [-0.3, -0.25) is 0 Å². The minimum absolute atomic E-state index is 0.254. The van der Waals surface area contributed by atoms with Gasteiger partial charge in [0.05, 0.1) is 24.3 Å². The first-order valence-corrected chi connectivity index (χ1v) is 10.6. The van der Waals surface area contributed by atoms with Crippen LogP contribution >= 0.6 is 0 Å². The van der Waals surface area contributed by atoms with E-state index >= 15 is 0 Å². The summed E-state index contributed by atoms with van der Waals surface area (Å²) in [6, 6.07) is 2.49. The summed E-state index contributed by atoms with van der Waals surface area (Å²) in [7, 11) is 0. The van der Waals surface area contributed by atoms with Crippen LogP contribution in [0.15, 0.2) is 30.7 Å². The number of fused-ring (bicyclic) bond motifs is 2.